The van der Waals surface area contributed by atoms with Crippen molar-refractivity contribution in [1.29, 1.82) is 0 Å². The van der Waals surface area contributed by atoms with E-state index < -0.39 is 11.9 Å². The number of carbonyl (C=O) groups is 1. The summed E-state index contributed by atoms with van der Waals surface area (Å²) in [6, 6.07) is 7.35. The predicted octanol–water partition coefficient (Wildman–Crippen LogP) is 7.92. The molecular weight excluding hydrogens is 452 g/mol. The average Bonchev–Trinajstić information content (AvgIpc) is 3.23. The Hall–Kier alpha value is -2.70. The fourth-order valence-corrected chi connectivity index (χ4v) is 4.48. The van der Waals surface area contributed by atoms with Gasteiger partial charge in [0.1, 0.15) is 11.4 Å². The van der Waals surface area contributed by atoms with E-state index in [9.17, 15) is 9.90 Å². The molecule has 0 spiro atoms. The summed E-state index contributed by atoms with van der Waals surface area (Å²) < 4.78 is 8.92. The summed E-state index contributed by atoms with van der Waals surface area (Å²) in [7, 11) is 3.52. The van der Waals surface area contributed by atoms with Gasteiger partial charge in [0.25, 0.3) is 0 Å². The minimum Gasteiger partial charge on any atom is -0.497 e. The van der Waals surface area contributed by atoms with Crippen LogP contribution in [0.15, 0.2) is 46.9 Å². The van der Waals surface area contributed by atoms with Gasteiger partial charge in [-0.1, -0.05) is 95.5 Å². The molecular formula is C29H47N4O3+. The first kappa shape index (κ1) is 29.5. The molecule has 1 heterocycles. The molecule has 0 aliphatic carbocycles. The van der Waals surface area contributed by atoms with Gasteiger partial charge in [-0.05, 0) is 30.7 Å². The van der Waals surface area contributed by atoms with E-state index in [4.69, 9.17) is 4.74 Å². The summed E-state index contributed by atoms with van der Waals surface area (Å²) in [5, 5.41) is 18.5. The van der Waals surface area contributed by atoms with Crippen molar-refractivity contribution in [3.63, 3.8) is 0 Å². The molecule has 1 aromatic carbocycles. The number of rotatable bonds is 20. The molecule has 0 amide bonds. The van der Waals surface area contributed by atoms with Crippen molar-refractivity contribution in [3.05, 3.63) is 36.7 Å². The highest BCUT2D eigenvalue weighted by molar-refractivity contribution is 5.69. The number of carboxylic acids is 1. The number of aromatic nitrogens is 2. The summed E-state index contributed by atoms with van der Waals surface area (Å²) in [5.41, 5.74) is 0.713. The first-order valence-corrected chi connectivity index (χ1v) is 13.9. The maximum absolute atomic E-state index is 11.9. The second-order valence-electron chi connectivity index (χ2n) is 9.83. The standard InChI is InChI=1S/C29H46N4O3/c1-4-5-6-7-8-9-10-11-12-13-14-15-16-17-25(28(34)35)24-33-23-22-32(2)29(33)31-30-26-18-20-27(36-3)21-19-26/h18-23,25H,4-17,24H2,1-3H3/p+1. The van der Waals surface area contributed by atoms with Crippen LogP contribution in [0.25, 0.3) is 0 Å². The number of carboxylic acid groups (broad SMARTS) is 1. The second kappa shape index (κ2) is 17.7. The first-order chi connectivity index (χ1) is 17.5. The quantitative estimate of drug-likeness (QED) is 0.114. The Labute approximate surface area is 217 Å². The van der Waals surface area contributed by atoms with E-state index in [1.54, 1.807) is 7.11 Å². The van der Waals surface area contributed by atoms with Crippen LogP contribution < -0.4 is 9.30 Å². The summed E-state index contributed by atoms with van der Waals surface area (Å²) in [6.07, 6.45) is 21.2. The molecule has 2 aromatic rings. The molecule has 200 valence electrons. The van der Waals surface area contributed by atoms with E-state index in [1.165, 1.54) is 70.6 Å². The van der Waals surface area contributed by atoms with Crippen molar-refractivity contribution in [3.8, 4) is 5.75 Å². The zero-order valence-electron chi connectivity index (χ0n) is 22.7. The van der Waals surface area contributed by atoms with E-state index in [1.807, 2.05) is 52.8 Å². The fourth-order valence-electron chi connectivity index (χ4n) is 4.48. The number of hydrogen-bond donors (Lipinski definition) is 1. The van der Waals surface area contributed by atoms with Gasteiger partial charge in [0.15, 0.2) is 0 Å². The number of aryl methyl sites for hydroxylation is 1. The third kappa shape index (κ3) is 11.4. The summed E-state index contributed by atoms with van der Waals surface area (Å²) >= 11 is 0. The molecule has 1 atom stereocenters. The third-order valence-electron chi connectivity index (χ3n) is 6.79. The lowest BCUT2D eigenvalue weighted by molar-refractivity contribution is -0.657. The van der Waals surface area contributed by atoms with Crippen molar-refractivity contribution in [2.75, 3.05) is 7.11 Å². The molecule has 0 bridgehead atoms. The molecule has 0 aliphatic rings. The molecule has 0 saturated carbocycles. The van der Waals surface area contributed by atoms with Crippen LogP contribution in [0.5, 0.6) is 5.75 Å². The normalized spacial score (nSPS) is 12.3. The summed E-state index contributed by atoms with van der Waals surface area (Å²) in [4.78, 5) is 11.9. The molecule has 1 unspecified atom stereocenters. The van der Waals surface area contributed by atoms with Crippen molar-refractivity contribution in [2.24, 2.45) is 23.2 Å². The predicted molar refractivity (Wildman–Crippen MR) is 144 cm³/mol. The van der Waals surface area contributed by atoms with Gasteiger partial charge in [0, 0.05) is 5.11 Å². The van der Waals surface area contributed by atoms with E-state index >= 15 is 0 Å². The van der Waals surface area contributed by atoms with Crippen LogP contribution in [0, 0.1) is 5.92 Å². The van der Waals surface area contributed by atoms with Crippen molar-refractivity contribution in [1.82, 2.24) is 4.57 Å². The molecule has 0 aliphatic heterocycles. The lowest BCUT2D eigenvalue weighted by Crippen LogP contribution is -2.27. The van der Waals surface area contributed by atoms with Gasteiger partial charge < -0.3 is 9.84 Å². The Kier molecular flexibility index (Phi) is 14.5. The maximum atomic E-state index is 11.9. The SMILES string of the molecule is CCCCCCCCCCCCCCCC(Cn1cc[n+](C)c1N=Nc1ccc(OC)cc1)C(=O)O. The van der Waals surface area contributed by atoms with Gasteiger partial charge >= 0.3 is 11.9 Å². The van der Waals surface area contributed by atoms with E-state index in [-0.39, 0.29) is 0 Å². The molecule has 1 aromatic heterocycles. The van der Waals surface area contributed by atoms with E-state index in [0.29, 0.717) is 24.6 Å². The Bertz CT molecular complexity index is 892. The number of hydrogen-bond acceptors (Lipinski definition) is 4. The van der Waals surface area contributed by atoms with Crippen LogP contribution in [0.4, 0.5) is 11.6 Å². The number of ether oxygens (including phenoxy) is 1. The van der Waals surface area contributed by atoms with Gasteiger partial charge in [-0.2, -0.15) is 0 Å². The molecule has 1 N–H and O–H groups in total. The smallest absolute Gasteiger partial charge is 0.421 e. The molecule has 0 radical (unpaired) electrons. The zero-order valence-corrected chi connectivity index (χ0v) is 22.7. The third-order valence-corrected chi connectivity index (χ3v) is 6.79. The monoisotopic (exact) mass is 499 g/mol. The lowest BCUT2D eigenvalue weighted by atomic mass is 9.99. The number of nitrogens with zero attached hydrogens (tertiary/aromatic N) is 4. The number of methoxy groups -OCH3 is 1. The summed E-state index contributed by atoms with van der Waals surface area (Å²) in [5.74, 6) is 0.214. The molecule has 2 rings (SSSR count). The van der Waals surface area contributed by atoms with Crippen LogP contribution >= 0.6 is 0 Å². The van der Waals surface area contributed by atoms with Gasteiger partial charge in [-0.25, -0.2) is 9.13 Å². The highest BCUT2D eigenvalue weighted by Gasteiger charge is 2.23. The fraction of sp³-hybridized carbons (Fsp3) is 0.655. The number of unbranched alkanes of at least 4 members (excludes halogenated alkanes) is 12. The molecule has 7 heteroatoms. The largest absolute Gasteiger partial charge is 0.497 e. The Morgan fingerprint density at radius 1 is 0.917 bits per heavy atom. The molecule has 36 heavy (non-hydrogen) atoms. The second-order valence-corrected chi connectivity index (χ2v) is 9.83. The maximum Gasteiger partial charge on any atom is 0.421 e. The minimum atomic E-state index is -0.747. The van der Waals surface area contributed by atoms with Crippen LogP contribution in [0.2, 0.25) is 0 Å². The molecule has 0 fully saturated rings. The van der Waals surface area contributed by atoms with Gasteiger partial charge in [0.05, 0.1) is 39.0 Å². The Morgan fingerprint density at radius 2 is 1.47 bits per heavy atom. The van der Waals surface area contributed by atoms with Crippen LogP contribution in [0.1, 0.15) is 96.8 Å². The van der Waals surface area contributed by atoms with Gasteiger partial charge in [0.2, 0.25) is 0 Å². The lowest BCUT2D eigenvalue weighted by Gasteiger charge is -2.11. The van der Waals surface area contributed by atoms with E-state index in [0.717, 1.165) is 18.6 Å². The first-order valence-electron chi connectivity index (χ1n) is 13.9. The van der Waals surface area contributed by atoms with Crippen LogP contribution in [0.3, 0.4) is 0 Å². The van der Waals surface area contributed by atoms with Crippen molar-refractivity contribution < 1.29 is 19.2 Å². The van der Waals surface area contributed by atoms with Crippen molar-refractivity contribution >= 4 is 17.6 Å². The number of imidazole rings is 1. The molecule has 7 nitrogen and oxygen atoms in total. The summed E-state index contributed by atoms with van der Waals surface area (Å²) in [6.45, 7) is 2.66. The van der Waals surface area contributed by atoms with Gasteiger partial charge in [-0.3, -0.25) is 4.79 Å². The van der Waals surface area contributed by atoms with Gasteiger partial charge in [-0.15, -0.1) is 0 Å². The van der Waals surface area contributed by atoms with Crippen LogP contribution in [-0.2, 0) is 18.4 Å². The average molecular weight is 500 g/mol. The minimum absolute atomic E-state index is 0.394. The van der Waals surface area contributed by atoms with Crippen LogP contribution in [-0.4, -0.2) is 22.8 Å². The number of aliphatic carboxylic acids is 1. The highest BCUT2D eigenvalue weighted by Crippen LogP contribution is 2.22. The number of benzene rings is 1. The molecule has 0 saturated heterocycles. The van der Waals surface area contributed by atoms with Crippen molar-refractivity contribution in [2.45, 2.75) is 103 Å². The topological polar surface area (TPSA) is 80.1 Å². The number of azo groups is 1. The highest BCUT2D eigenvalue weighted by atomic mass is 16.5. The zero-order chi connectivity index (χ0) is 26.0. The Balaban J connectivity index is 1.70. The van der Waals surface area contributed by atoms with E-state index in [2.05, 4.69) is 17.2 Å². The Morgan fingerprint density at radius 3 is 2.00 bits per heavy atom.